The summed E-state index contributed by atoms with van der Waals surface area (Å²) in [5, 5.41) is 7.66. The fourth-order valence-corrected chi connectivity index (χ4v) is 4.57. The van der Waals surface area contributed by atoms with Gasteiger partial charge in [0.25, 0.3) is 5.91 Å². The number of hydrogen-bond acceptors (Lipinski definition) is 5. The Morgan fingerprint density at radius 2 is 1.90 bits per heavy atom. The Labute approximate surface area is 168 Å². The molecule has 148 valence electrons. The second-order valence-electron chi connectivity index (χ2n) is 7.83. The molecule has 4 heterocycles. The largest absolute Gasteiger partial charge is 0.387 e. The van der Waals surface area contributed by atoms with Crippen molar-refractivity contribution in [3.05, 3.63) is 48.3 Å². The van der Waals surface area contributed by atoms with E-state index in [1.165, 1.54) is 0 Å². The molecule has 0 saturated carbocycles. The van der Waals surface area contributed by atoms with Gasteiger partial charge in [0.1, 0.15) is 5.56 Å². The van der Waals surface area contributed by atoms with Crippen molar-refractivity contribution in [1.82, 2.24) is 24.6 Å². The van der Waals surface area contributed by atoms with Crippen LogP contribution in [-0.2, 0) is 0 Å². The van der Waals surface area contributed by atoms with Crippen LogP contribution in [0.15, 0.2) is 42.7 Å². The summed E-state index contributed by atoms with van der Waals surface area (Å²) in [6.07, 6.45) is 3.59. The van der Waals surface area contributed by atoms with Gasteiger partial charge in [-0.05, 0) is 32.0 Å². The molecule has 0 bridgehead atoms. The van der Waals surface area contributed by atoms with E-state index in [1.807, 2.05) is 48.5 Å². The van der Waals surface area contributed by atoms with E-state index in [0.29, 0.717) is 24.3 Å². The number of fused-ring (bicyclic) bond motifs is 5. The number of benzene rings is 1. The maximum absolute atomic E-state index is 13.8. The number of nitrogens with zero attached hydrogens (tertiary/aromatic N) is 4. The third-order valence-corrected chi connectivity index (χ3v) is 5.65. The molecule has 1 amide bonds. The molecule has 29 heavy (non-hydrogen) atoms. The van der Waals surface area contributed by atoms with Gasteiger partial charge >= 0.3 is 0 Å². The van der Waals surface area contributed by atoms with E-state index >= 15 is 0 Å². The average Bonchev–Trinajstić information content (AvgIpc) is 3.11. The molecule has 1 fully saturated rings. The van der Waals surface area contributed by atoms with Gasteiger partial charge in [0, 0.05) is 50.0 Å². The molecule has 2 N–H and O–H groups in total. The quantitative estimate of drug-likeness (QED) is 0.552. The zero-order valence-corrected chi connectivity index (χ0v) is 16.8. The van der Waals surface area contributed by atoms with Crippen LogP contribution in [-0.4, -0.2) is 57.4 Å². The van der Waals surface area contributed by atoms with Crippen molar-refractivity contribution in [3.8, 4) is 0 Å². The van der Waals surface area contributed by atoms with E-state index in [0.717, 1.165) is 27.6 Å². The Kier molecular flexibility index (Phi) is 4.13. The van der Waals surface area contributed by atoms with E-state index < -0.39 is 0 Å². The number of rotatable bonds is 2. The molecule has 0 spiro atoms. The molecular formula is C22H24N6O. The fraction of sp³-hybridized carbons (Fsp3) is 0.318. The minimum absolute atomic E-state index is 0.000564. The molecule has 2 unspecified atom stereocenters. The third-order valence-electron chi connectivity index (χ3n) is 5.65. The smallest absolute Gasteiger partial charge is 0.259 e. The maximum Gasteiger partial charge on any atom is 0.259 e. The summed E-state index contributed by atoms with van der Waals surface area (Å²) < 4.78 is 2.08. The number of nitrogens with one attached hydrogen (secondary N) is 2. The first kappa shape index (κ1) is 17.9. The Balaban J connectivity index is 1.85. The molecular weight excluding hydrogens is 364 g/mol. The lowest BCUT2D eigenvalue weighted by molar-refractivity contribution is 0.0676. The monoisotopic (exact) mass is 388 g/mol. The molecule has 7 nitrogen and oxygen atoms in total. The number of anilines is 1. The van der Waals surface area contributed by atoms with Crippen molar-refractivity contribution in [1.29, 1.82) is 0 Å². The minimum Gasteiger partial charge on any atom is -0.387 e. The highest BCUT2D eigenvalue weighted by Gasteiger charge is 2.30. The van der Waals surface area contributed by atoms with Crippen LogP contribution in [0.25, 0.3) is 27.6 Å². The normalized spacial score (nSPS) is 19.9. The van der Waals surface area contributed by atoms with Gasteiger partial charge in [0.15, 0.2) is 5.65 Å². The Morgan fingerprint density at radius 3 is 2.66 bits per heavy atom. The van der Waals surface area contributed by atoms with Crippen LogP contribution in [0.5, 0.6) is 0 Å². The second kappa shape index (κ2) is 6.70. The molecule has 1 aromatic carbocycles. The van der Waals surface area contributed by atoms with Crippen molar-refractivity contribution in [2.75, 3.05) is 25.5 Å². The van der Waals surface area contributed by atoms with Crippen LogP contribution >= 0.6 is 0 Å². The van der Waals surface area contributed by atoms with Crippen LogP contribution in [0.3, 0.4) is 0 Å². The van der Waals surface area contributed by atoms with Crippen LogP contribution in [0, 0.1) is 0 Å². The summed E-state index contributed by atoms with van der Waals surface area (Å²) >= 11 is 0. The van der Waals surface area contributed by atoms with Gasteiger partial charge in [0.2, 0.25) is 0 Å². The predicted molar refractivity (Wildman–Crippen MR) is 116 cm³/mol. The highest BCUT2D eigenvalue weighted by atomic mass is 16.2. The number of imidazole rings is 1. The second-order valence-corrected chi connectivity index (χ2v) is 7.83. The van der Waals surface area contributed by atoms with Crippen LogP contribution in [0.4, 0.5) is 5.69 Å². The van der Waals surface area contributed by atoms with Gasteiger partial charge in [-0.3, -0.25) is 14.2 Å². The van der Waals surface area contributed by atoms with E-state index in [9.17, 15) is 4.79 Å². The Hall–Kier alpha value is -3.19. The number of pyridine rings is 2. The van der Waals surface area contributed by atoms with Gasteiger partial charge in [0.05, 0.1) is 22.2 Å². The molecule has 4 aromatic rings. The van der Waals surface area contributed by atoms with E-state index in [-0.39, 0.29) is 18.0 Å². The number of hydrogen-bond donors (Lipinski definition) is 2. The summed E-state index contributed by atoms with van der Waals surface area (Å²) in [6.45, 7) is 5.56. The van der Waals surface area contributed by atoms with Gasteiger partial charge in [-0.1, -0.05) is 12.1 Å². The third kappa shape index (κ3) is 2.73. The summed E-state index contributed by atoms with van der Waals surface area (Å²) in [4.78, 5) is 24.9. The molecule has 2 atom stereocenters. The van der Waals surface area contributed by atoms with Gasteiger partial charge in [-0.15, -0.1) is 0 Å². The van der Waals surface area contributed by atoms with Crippen LogP contribution in [0.1, 0.15) is 24.2 Å². The van der Waals surface area contributed by atoms with Crippen molar-refractivity contribution >= 4 is 39.2 Å². The number of carbonyl (C=O) groups excluding carboxylic acids is 1. The van der Waals surface area contributed by atoms with Gasteiger partial charge in [-0.25, -0.2) is 4.98 Å². The molecule has 1 aliphatic heterocycles. The topological polar surface area (TPSA) is 74.6 Å². The lowest BCUT2D eigenvalue weighted by Crippen LogP contribution is -2.55. The SMILES string of the molecule is CNc1c(C(=O)N2CC(C)NC(C)C2)c2nc3ccccc3n2c2ccncc12. The fourth-order valence-electron chi connectivity index (χ4n) is 4.57. The summed E-state index contributed by atoms with van der Waals surface area (Å²) in [5.74, 6) is 0.000564. The number of piperazine rings is 1. The van der Waals surface area contributed by atoms with Crippen molar-refractivity contribution in [2.24, 2.45) is 0 Å². The number of amides is 1. The minimum atomic E-state index is 0.000564. The van der Waals surface area contributed by atoms with Crippen LogP contribution < -0.4 is 10.6 Å². The van der Waals surface area contributed by atoms with Crippen molar-refractivity contribution in [3.63, 3.8) is 0 Å². The first-order valence-corrected chi connectivity index (χ1v) is 9.98. The zero-order valence-electron chi connectivity index (χ0n) is 16.8. The summed E-state index contributed by atoms with van der Waals surface area (Å²) in [7, 11) is 1.85. The predicted octanol–water partition coefficient (Wildman–Crippen LogP) is 2.90. The lowest BCUT2D eigenvalue weighted by atomic mass is 10.1. The molecule has 7 heteroatoms. The Bertz CT molecular complexity index is 1240. The first-order valence-electron chi connectivity index (χ1n) is 9.98. The van der Waals surface area contributed by atoms with Crippen molar-refractivity contribution < 1.29 is 4.79 Å². The number of carbonyl (C=O) groups is 1. The highest BCUT2D eigenvalue weighted by molar-refractivity contribution is 6.14. The van der Waals surface area contributed by atoms with E-state index in [1.54, 1.807) is 6.20 Å². The van der Waals surface area contributed by atoms with E-state index in [4.69, 9.17) is 4.98 Å². The number of aromatic nitrogens is 3. The average molecular weight is 388 g/mol. The van der Waals surface area contributed by atoms with E-state index in [2.05, 4.69) is 33.9 Å². The lowest BCUT2D eigenvalue weighted by Gasteiger charge is -2.36. The maximum atomic E-state index is 13.8. The standard InChI is InChI=1S/C22H24N6O/c1-13-11-27(12-14(2)25-13)22(29)19-20(23-3)15-10-24-9-8-17(15)28-18-7-5-4-6-16(18)26-21(19)28/h4-10,13-14,23,25H,11-12H2,1-3H3. The molecule has 3 aromatic heterocycles. The van der Waals surface area contributed by atoms with Crippen LogP contribution in [0.2, 0.25) is 0 Å². The molecule has 5 rings (SSSR count). The molecule has 1 saturated heterocycles. The van der Waals surface area contributed by atoms with Gasteiger partial charge in [-0.2, -0.15) is 0 Å². The summed E-state index contributed by atoms with van der Waals surface area (Å²) in [5.41, 5.74) is 4.89. The molecule has 0 radical (unpaired) electrons. The Morgan fingerprint density at radius 1 is 1.14 bits per heavy atom. The zero-order chi connectivity index (χ0) is 20.1. The highest BCUT2D eigenvalue weighted by Crippen LogP contribution is 2.34. The number of para-hydroxylation sites is 2. The molecule has 0 aliphatic carbocycles. The van der Waals surface area contributed by atoms with Gasteiger partial charge < -0.3 is 15.5 Å². The molecule has 1 aliphatic rings. The first-order chi connectivity index (χ1) is 14.1. The van der Waals surface area contributed by atoms with Crippen molar-refractivity contribution in [2.45, 2.75) is 25.9 Å². The summed E-state index contributed by atoms with van der Waals surface area (Å²) in [6, 6.07) is 10.5.